The Morgan fingerprint density at radius 1 is 0.806 bits per heavy atom. The average molecular weight is 942 g/mol. The molecule has 1 aliphatic heterocycles. The summed E-state index contributed by atoms with van der Waals surface area (Å²) in [7, 11) is 0. The Morgan fingerprint density at radius 2 is 1.45 bits per heavy atom. The lowest BCUT2D eigenvalue weighted by atomic mass is 10.1. The minimum atomic E-state index is -0.987. The van der Waals surface area contributed by atoms with Crippen molar-refractivity contribution in [2.75, 3.05) is 15.6 Å². The van der Waals surface area contributed by atoms with Crippen molar-refractivity contribution in [1.29, 1.82) is 0 Å². The second kappa shape index (κ2) is 24.2. The number of benzene rings is 4. The molecule has 1 aliphatic rings. The number of para-hydroxylation sites is 1. The molecule has 332 valence electrons. The molecule has 3 N–H and O–H groups in total. The van der Waals surface area contributed by atoms with Crippen LogP contribution in [-0.2, 0) is 14.4 Å². The van der Waals surface area contributed by atoms with E-state index in [9.17, 15) is 14.4 Å². The first-order valence-corrected chi connectivity index (χ1v) is 23.9. The lowest BCUT2D eigenvalue weighted by Gasteiger charge is -2.24. The van der Waals surface area contributed by atoms with Crippen molar-refractivity contribution in [1.82, 2.24) is 5.43 Å². The second-order valence-corrected chi connectivity index (χ2v) is 18.8. The van der Waals surface area contributed by atoms with E-state index >= 15 is 0 Å². The third-order valence-electron chi connectivity index (χ3n) is 10.4. The van der Waals surface area contributed by atoms with Gasteiger partial charge in [0.25, 0.3) is 11.8 Å². The molecule has 4 aromatic carbocycles. The van der Waals surface area contributed by atoms with Crippen LogP contribution in [0.3, 0.4) is 0 Å². The second-order valence-electron chi connectivity index (χ2n) is 16.0. The molecule has 1 heterocycles. The molecule has 1 saturated heterocycles. The Balaban J connectivity index is 1.33. The molecule has 14 heteroatoms. The molecule has 4 aromatic rings. The number of halogens is 4. The molecule has 0 saturated carbocycles. The maximum atomic E-state index is 14.4. The van der Waals surface area contributed by atoms with Crippen LogP contribution in [0, 0.1) is 19.8 Å². The number of thioether (sulfide) groups is 1. The lowest BCUT2D eigenvalue weighted by Crippen LogP contribution is -2.37. The summed E-state index contributed by atoms with van der Waals surface area (Å²) in [5.41, 5.74) is 6.64. The van der Waals surface area contributed by atoms with E-state index in [4.69, 9.17) is 56.1 Å². The number of hydrogen-bond donors (Lipinski definition) is 3. The maximum Gasteiger partial charge on any atom is 0.267 e. The van der Waals surface area contributed by atoms with Gasteiger partial charge in [-0.25, -0.2) is 10.0 Å². The fourth-order valence-electron chi connectivity index (χ4n) is 7.11. The van der Waals surface area contributed by atoms with Crippen molar-refractivity contribution in [2.24, 2.45) is 10.9 Å². The summed E-state index contributed by atoms with van der Waals surface area (Å²) in [5, 5.41) is 7.16. The highest BCUT2D eigenvalue weighted by atomic mass is 35.5. The number of anilines is 3. The number of unbranched alkanes of at least 4 members (excludes halogenated alkanes) is 10. The Bertz CT molecular complexity index is 2200. The lowest BCUT2D eigenvalue weighted by molar-refractivity contribution is -0.124. The number of carbonyl (C=O) groups excluding carboxylic acids is 3. The van der Waals surface area contributed by atoms with Crippen LogP contribution in [0.5, 0.6) is 5.75 Å². The van der Waals surface area contributed by atoms with Crippen LogP contribution in [0.4, 0.5) is 22.7 Å². The van der Waals surface area contributed by atoms with Gasteiger partial charge in [0.15, 0.2) is 6.10 Å². The normalized spacial score (nSPS) is 14.9. The van der Waals surface area contributed by atoms with Gasteiger partial charge in [-0.3, -0.25) is 19.8 Å². The zero-order valence-corrected chi connectivity index (χ0v) is 39.9. The van der Waals surface area contributed by atoms with Gasteiger partial charge in [0, 0.05) is 22.0 Å². The SMILES string of the molecule is CCCCCCCCCCCCCC(=O)Nc1ccc(Cl)c(N=C2NN(c3c(Cl)cc(Cl)cc3Cl)C(=O)C2Sc2ccccc2NC(=O)C(Oc2ccc(C)cc2C)C(C)C)c1. The number of carbonyl (C=O) groups is 3. The number of aryl methyl sites for hydroxylation is 2. The van der Waals surface area contributed by atoms with Crippen molar-refractivity contribution in [3.63, 3.8) is 0 Å². The summed E-state index contributed by atoms with van der Waals surface area (Å²) in [6, 6.07) is 21.0. The third-order valence-corrected chi connectivity index (χ3v) is 12.8. The monoisotopic (exact) mass is 939 g/mol. The Hall–Kier alpha value is -3.93. The fraction of sp³-hybridized carbons (Fsp3) is 0.417. The molecule has 62 heavy (non-hydrogen) atoms. The molecule has 5 rings (SSSR count). The summed E-state index contributed by atoms with van der Waals surface area (Å²) in [6.45, 7) is 10.0. The predicted molar refractivity (Wildman–Crippen MR) is 260 cm³/mol. The van der Waals surface area contributed by atoms with Crippen LogP contribution >= 0.6 is 58.2 Å². The Kier molecular flexibility index (Phi) is 19.2. The summed E-state index contributed by atoms with van der Waals surface area (Å²) < 4.78 is 6.28. The van der Waals surface area contributed by atoms with Crippen LogP contribution in [0.25, 0.3) is 0 Å². The van der Waals surface area contributed by atoms with Gasteiger partial charge >= 0.3 is 0 Å². The van der Waals surface area contributed by atoms with Crippen molar-refractivity contribution < 1.29 is 19.1 Å². The number of amidine groups is 1. The van der Waals surface area contributed by atoms with Crippen LogP contribution in [0.1, 0.15) is 109 Å². The molecule has 0 radical (unpaired) electrons. The van der Waals surface area contributed by atoms with Crippen molar-refractivity contribution in [3.05, 3.63) is 104 Å². The summed E-state index contributed by atoms with van der Waals surface area (Å²) in [6.07, 6.45) is 12.8. The standard InChI is InChI=1S/C48H57Cl4N5O4S/c1-6-7-8-9-10-11-12-13-14-15-16-21-42(58)53-34-23-24-35(50)39(29-34)54-46-45(48(60)57(56-46)43-36(51)27-33(49)28-37(43)52)62-41-20-18-17-19-38(41)55-47(59)44(30(2)3)61-40-25-22-31(4)26-32(40)5/h17-20,22-30,44-45H,6-16,21H2,1-5H3,(H,53,58)(H,54,56)(H,55,59). The largest absolute Gasteiger partial charge is 0.480 e. The van der Waals surface area contributed by atoms with E-state index in [2.05, 4.69) is 23.0 Å². The van der Waals surface area contributed by atoms with E-state index in [0.717, 1.165) is 30.4 Å². The van der Waals surface area contributed by atoms with Crippen LogP contribution in [0.2, 0.25) is 20.1 Å². The highest BCUT2D eigenvalue weighted by Crippen LogP contribution is 2.41. The van der Waals surface area contributed by atoms with Crippen LogP contribution in [-0.4, -0.2) is 34.9 Å². The van der Waals surface area contributed by atoms with E-state index < -0.39 is 17.3 Å². The van der Waals surface area contributed by atoms with Gasteiger partial charge < -0.3 is 15.4 Å². The number of ether oxygens (including phenoxy) is 1. The molecule has 2 unspecified atom stereocenters. The quantitative estimate of drug-likeness (QED) is 0.0677. The third kappa shape index (κ3) is 14.0. The van der Waals surface area contributed by atoms with Crippen LogP contribution in [0.15, 0.2) is 82.7 Å². The van der Waals surface area contributed by atoms with E-state index in [1.807, 2.05) is 58.0 Å². The highest BCUT2D eigenvalue weighted by molar-refractivity contribution is 8.01. The van der Waals surface area contributed by atoms with E-state index in [0.29, 0.717) is 44.2 Å². The number of aliphatic imine (C=N–C) groups is 1. The molecule has 3 amide bonds. The summed E-state index contributed by atoms with van der Waals surface area (Å²) in [4.78, 5) is 46.8. The minimum absolute atomic E-state index is 0.0968. The molecule has 0 bridgehead atoms. The maximum absolute atomic E-state index is 14.4. The summed E-state index contributed by atoms with van der Waals surface area (Å²) >= 11 is 27.4. The van der Waals surface area contributed by atoms with E-state index in [1.54, 1.807) is 30.3 Å². The molecule has 1 fully saturated rings. The molecule has 0 spiro atoms. The van der Waals surface area contributed by atoms with Gasteiger partial charge in [-0.2, -0.15) is 0 Å². The average Bonchev–Trinajstić information content (AvgIpc) is 3.50. The molecule has 0 aromatic heterocycles. The number of nitrogens with one attached hydrogen (secondary N) is 3. The smallest absolute Gasteiger partial charge is 0.267 e. The van der Waals surface area contributed by atoms with E-state index in [-0.39, 0.29) is 39.3 Å². The van der Waals surface area contributed by atoms with Gasteiger partial charge in [-0.1, -0.05) is 161 Å². The number of hydrazine groups is 1. The van der Waals surface area contributed by atoms with Crippen molar-refractivity contribution in [2.45, 2.75) is 128 Å². The number of rotatable bonds is 22. The van der Waals surface area contributed by atoms with Gasteiger partial charge in [-0.15, -0.1) is 11.8 Å². The van der Waals surface area contributed by atoms with Gasteiger partial charge in [-0.05, 0) is 80.3 Å². The van der Waals surface area contributed by atoms with Gasteiger partial charge in [0.05, 0.1) is 26.4 Å². The summed E-state index contributed by atoms with van der Waals surface area (Å²) in [5.74, 6) is -0.192. The fourth-order valence-corrected chi connectivity index (χ4v) is 9.34. The van der Waals surface area contributed by atoms with Gasteiger partial charge in [0.1, 0.15) is 22.5 Å². The zero-order valence-electron chi connectivity index (χ0n) is 36.1. The first-order chi connectivity index (χ1) is 29.7. The molecular formula is C48H57Cl4N5O4S. The molecule has 0 aliphatic carbocycles. The highest BCUT2D eigenvalue weighted by Gasteiger charge is 2.41. The van der Waals surface area contributed by atoms with Crippen molar-refractivity contribution >= 4 is 104 Å². The molecule has 9 nitrogen and oxygen atoms in total. The predicted octanol–water partition coefficient (Wildman–Crippen LogP) is 14.3. The first kappa shape index (κ1) is 49.1. The minimum Gasteiger partial charge on any atom is -0.480 e. The number of amides is 3. The topological polar surface area (TPSA) is 112 Å². The van der Waals surface area contributed by atoms with Crippen molar-refractivity contribution in [3.8, 4) is 5.75 Å². The van der Waals surface area contributed by atoms with Gasteiger partial charge in [0.2, 0.25) is 5.91 Å². The number of nitrogens with zero attached hydrogens (tertiary/aromatic N) is 2. The number of hydrogen-bond acceptors (Lipinski definition) is 6. The molecular weight excluding hydrogens is 884 g/mol. The van der Waals surface area contributed by atoms with Crippen LogP contribution < -0.4 is 25.8 Å². The van der Waals surface area contributed by atoms with E-state index in [1.165, 1.54) is 80.3 Å². The first-order valence-electron chi connectivity index (χ1n) is 21.5. The Morgan fingerprint density at radius 3 is 2.10 bits per heavy atom. The zero-order chi connectivity index (χ0) is 44.8. The Labute approximate surface area is 391 Å². The molecule has 2 atom stereocenters.